The van der Waals surface area contributed by atoms with E-state index in [4.69, 9.17) is 0 Å². The highest BCUT2D eigenvalue weighted by Crippen LogP contribution is 2.27. The minimum atomic E-state index is -0.538. The monoisotopic (exact) mass is 353 g/mol. The van der Waals surface area contributed by atoms with E-state index in [-0.39, 0.29) is 5.56 Å². The van der Waals surface area contributed by atoms with Crippen LogP contribution in [0.4, 0.5) is 15.9 Å². The van der Waals surface area contributed by atoms with Gasteiger partial charge in [-0.05, 0) is 47.7 Å². The van der Waals surface area contributed by atoms with Crippen molar-refractivity contribution in [3.63, 3.8) is 0 Å². The smallest absolute Gasteiger partial charge is 0.258 e. The molecule has 3 aromatic rings. The number of nitrogens with zero attached hydrogens (tertiary/aromatic N) is 2. The summed E-state index contributed by atoms with van der Waals surface area (Å²) >= 11 is 1.81. The second kappa shape index (κ2) is 6.64. The molecular formula is C19H16FN3OS. The number of pyridine rings is 1. The molecular weight excluding hydrogens is 337 g/mol. The van der Waals surface area contributed by atoms with Crippen LogP contribution in [-0.2, 0) is 13.0 Å². The molecule has 1 N–H and O–H groups in total. The molecule has 1 aliphatic rings. The van der Waals surface area contributed by atoms with E-state index >= 15 is 0 Å². The van der Waals surface area contributed by atoms with E-state index in [1.807, 2.05) is 6.07 Å². The van der Waals surface area contributed by atoms with E-state index in [0.29, 0.717) is 5.69 Å². The van der Waals surface area contributed by atoms with Gasteiger partial charge < -0.3 is 10.2 Å². The van der Waals surface area contributed by atoms with E-state index in [9.17, 15) is 9.18 Å². The summed E-state index contributed by atoms with van der Waals surface area (Å²) in [5.74, 6) is -0.140. The average molecular weight is 353 g/mol. The lowest BCUT2D eigenvalue weighted by Gasteiger charge is -2.28. The van der Waals surface area contributed by atoms with Crippen LogP contribution in [0, 0.1) is 5.82 Å². The normalized spacial score (nSPS) is 13.4. The van der Waals surface area contributed by atoms with Crippen LogP contribution in [-0.4, -0.2) is 17.4 Å². The van der Waals surface area contributed by atoms with Crippen molar-refractivity contribution in [3.05, 3.63) is 75.9 Å². The first kappa shape index (κ1) is 15.8. The summed E-state index contributed by atoms with van der Waals surface area (Å²) in [5, 5.41) is 4.81. The molecule has 1 aromatic carbocycles. The Balaban J connectivity index is 1.46. The van der Waals surface area contributed by atoms with Crippen LogP contribution in [0.25, 0.3) is 0 Å². The highest BCUT2D eigenvalue weighted by molar-refractivity contribution is 7.10. The number of rotatable bonds is 3. The van der Waals surface area contributed by atoms with Crippen molar-refractivity contribution in [2.24, 2.45) is 0 Å². The zero-order valence-corrected chi connectivity index (χ0v) is 14.2. The Hall–Kier alpha value is -2.73. The molecule has 4 rings (SSSR count). The van der Waals surface area contributed by atoms with Crippen LogP contribution in [0.5, 0.6) is 0 Å². The number of nitrogens with one attached hydrogen (secondary N) is 1. The van der Waals surface area contributed by atoms with Crippen LogP contribution in [0.3, 0.4) is 0 Å². The quantitative estimate of drug-likeness (QED) is 0.771. The van der Waals surface area contributed by atoms with Crippen molar-refractivity contribution in [3.8, 4) is 0 Å². The van der Waals surface area contributed by atoms with E-state index in [1.54, 1.807) is 35.7 Å². The van der Waals surface area contributed by atoms with Gasteiger partial charge in [0, 0.05) is 18.0 Å². The molecule has 0 bridgehead atoms. The second-order valence-electron chi connectivity index (χ2n) is 5.88. The lowest BCUT2D eigenvalue weighted by molar-refractivity contribution is 0.102. The molecule has 0 aliphatic carbocycles. The SMILES string of the molecule is O=C(Nc1ccc(N2CCc3sccc3C2)nc1)c1ccccc1F. The number of hydrogen-bond donors (Lipinski definition) is 1. The molecule has 25 heavy (non-hydrogen) atoms. The van der Waals surface area contributed by atoms with Crippen molar-refractivity contribution >= 4 is 28.7 Å². The highest BCUT2D eigenvalue weighted by atomic mass is 32.1. The third kappa shape index (κ3) is 3.25. The average Bonchev–Trinajstić information content (AvgIpc) is 3.10. The maximum atomic E-state index is 13.7. The van der Waals surface area contributed by atoms with Crippen molar-refractivity contribution < 1.29 is 9.18 Å². The zero-order chi connectivity index (χ0) is 17.2. The van der Waals surface area contributed by atoms with Gasteiger partial charge in [-0.1, -0.05) is 12.1 Å². The first-order valence-corrected chi connectivity index (χ1v) is 8.91. The third-order valence-electron chi connectivity index (χ3n) is 4.26. The lowest BCUT2D eigenvalue weighted by Crippen LogP contribution is -2.30. The van der Waals surface area contributed by atoms with Crippen molar-refractivity contribution in [2.45, 2.75) is 13.0 Å². The number of carbonyl (C=O) groups is 1. The van der Waals surface area contributed by atoms with Gasteiger partial charge >= 0.3 is 0 Å². The van der Waals surface area contributed by atoms with Gasteiger partial charge in [0.15, 0.2) is 0 Å². The molecule has 4 nitrogen and oxygen atoms in total. The van der Waals surface area contributed by atoms with E-state index < -0.39 is 11.7 Å². The number of halogens is 1. The van der Waals surface area contributed by atoms with Crippen molar-refractivity contribution in [2.75, 3.05) is 16.8 Å². The summed E-state index contributed by atoms with van der Waals surface area (Å²) in [7, 11) is 0. The number of aromatic nitrogens is 1. The first-order valence-electron chi connectivity index (χ1n) is 8.03. The molecule has 0 saturated carbocycles. The Morgan fingerprint density at radius 3 is 2.88 bits per heavy atom. The second-order valence-corrected chi connectivity index (χ2v) is 6.88. The van der Waals surface area contributed by atoms with Gasteiger partial charge in [0.25, 0.3) is 5.91 Å². The minimum Gasteiger partial charge on any atom is -0.352 e. The molecule has 2 aromatic heterocycles. The minimum absolute atomic E-state index is 0.0209. The highest BCUT2D eigenvalue weighted by Gasteiger charge is 2.18. The van der Waals surface area contributed by atoms with Crippen LogP contribution in [0.15, 0.2) is 54.0 Å². The van der Waals surface area contributed by atoms with Crippen LogP contribution < -0.4 is 10.2 Å². The summed E-state index contributed by atoms with van der Waals surface area (Å²) in [6.45, 7) is 1.79. The Morgan fingerprint density at radius 2 is 2.08 bits per heavy atom. The molecule has 0 radical (unpaired) electrons. The molecule has 1 amide bonds. The fraction of sp³-hybridized carbons (Fsp3) is 0.158. The van der Waals surface area contributed by atoms with Crippen LogP contribution in [0.2, 0.25) is 0 Å². The van der Waals surface area contributed by atoms with Gasteiger partial charge in [0.05, 0.1) is 17.4 Å². The van der Waals surface area contributed by atoms with Gasteiger partial charge in [0.2, 0.25) is 0 Å². The molecule has 0 saturated heterocycles. The first-order chi connectivity index (χ1) is 12.2. The fourth-order valence-electron chi connectivity index (χ4n) is 2.93. The number of amides is 1. The Labute approximate surface area is 148 Å². The molecule has 1 aliphatic heterocycles. The van der Waals surface area contributed by atoms with E-state index in [0.717, 1.165) is 25.3 Å². The number of anilines is 2. The predicted octanol–water partition coefficient (Wildman–Crippen LogP) is 4.10. The van der Waals surface area contributed by atoms with Crippen LogP contribution in [0.1, 0.15) is 20.8 Å². The van der Waals surface area contributed by atoms with E-state index in [1.165, 1.54) is 22.6 Å². The van der Waals surface area contributed by atoms with Crippen LogP contribution >= 0.6 is 11.3 Å². The number of fused-ring (bicyclic) bond motifs is 1. The predicted molar refractivity (Wildman–Crippen MR) is 97.7 cm³/mol. The topological polar surface area (TPSA) is 45.2 Å². The number of thiophene rings is 1. The molecule has 0 unspecified atom stereocenters. The number of hydrogen-bond acceptors (Lipinski definition) is 4. The largest absolute Gasteiger partial charge is 0.352 e. The Morgan fingerprint density at radius 1 is 1.20 bits per heavy atom. The molecule has 6 heteroatoms. The summed E-state index contributed by atoms with van der Waals surface area (Å²) in [4.78, 5) is 20.3. The summed E-state index contributed by atoms with van der Waals surface area (Å²) in [6, 6.07) is 11.8. The van der Waals surface area contributed by atoms with Crippen molar-refractivity contribution in [1.82, 2.24) is 4.98 Å². The molecule has 0 fully saturated rings. The Bertz CT molecular complexity index is 907. The number of benzene rings is 1. The fourth-order valence-corrected chi connectivity index (χ4v) is 3.82. The van der Waals surface area contributed by atoms with Gasteiger partial charge in [-0.15, -0.1) is 11.3 Å². The zero-order valence-electron chi connectivity index (χ0n) is 13.4. The number of carbonyl (C=O) groups excluding carboxylic acids is 1. The van der Waals surface area contributed by atoms with Gasteiger partial charge in [0.1, 0.15) is 11.6 Å². The summed E-state index contributed by atoms with van der Waals surface area (Å²) in [6.07, 6.45) is 2.64. The molecule has 3 heterocycles. The summed E-state index contributed by atoms with van der Waals surface area (Å²) < 4.78 is 13.7. The van der Waals surface area contributed by atoms with E-state index in [2.05, 4.69) is 26.6 Å². The Kier molecular flexibility index (Phi) is 4.19. The maximum absolute atomic E-state index is 13.7. The lowest BCUT2D eigenvalue weighted by atomic mass is 10.1. The maximum Gasteiger partial charge on any atom is 0.258 e. The van der Waals surface area contributed by atoms with Crippen molar-refractivity contribution in [1.29, 1.82) is 0 Å². The van der Waals surface area contributed by atoms with Gasteiger partial charge in [-0.3, -0.25) is 4.79 Å². The third-order valence-corrected chi connectivity index (χ3v) is 5.28. The van der Waals surface area contributed by atoms with Gasteiger partial charge in [-0.2, -0.15) is 0 Å². The molecule has 126 valence electrons. The van der Waals surface area contributed by atoms with Gasteiger partial charge in [-0.25, -0.2) is 9.37 Å². The standard InChI is InChI=1S/C19H16FN3OS/c20-16-4-2-1-3-15(16)19(24)22-14-5-6-18(21-11-14)23-9-7-17-13(12-23)8-10-25-17/h1-6,8,10-11H,7,9,12H2,(H,22,24). The summed E-state index contributed by atoms with van der Waals surface area (Å²) in [5.41, 5.74) is 1.92. The molecule has 0 spiro atoms. The molecule has 0 atom stereocenters.